The fourth-order valence-electron chi connectivity index (χ4n) is 1.83. The summed E-state index contributed by atoms with van der Waals surface area (Å²) in [5.74, 6) is -1.39. The molecule has 82 valence electrons. The van der Waals surface area contributed by atoms with E-state index in [1.165, 1.54) is 19.1 Å². The van der Waals surface area contributed by atoms with Crippen LogP contribution < -0.4 is 0 Å². The van der Waals surface area contributed by atoms with Crippen LogP contribution in [0.15, 0.2) is 12.1 Å². The monoisotopic (exact) mass is 214 g/mol. The van der Waals surface area contributed by atoms with Gasteiger partial charge in [-0.1, -0.05) is 6.07 Å². The maximum atomic E-state index is 13.7. The molecule has 0 amide bonds. The highest BCUT2D eigenvalue weighted by atomic mass is 19.1. The maximum absolute atomic E-state index is 13.7. The van der Waals surface area contributed by atoms with E-state index in [0.29, 0.717) is 12.2 Å². The van der Waals surface area contributed by atoms with Gasteiger partial charge in [0.1, 0.15) is 17.2 Å². The second-order valence-corrected chi connectivity index (χ2v) is 3.89. The van der Waals surface area contributed by atoms with Crippen LogP contribution in [-0.2, 0) is 10.3 Å². The standard InChI is InChI=1S/C11H12F2O2/c1-7-2-3-8(12)9(10(7)13)11(14)4-5-15-6-11/h2-3,14H,4-6H2,1H3. The number of halogens is 2. The molecule has 1 fully saturated rings. The average molecular weight is 214 g/mol. The van der Waals surface area contributed by atoms with Gasteiger partial charge >= 0.3 is 0 Å². The molecule has 1 aliphatic rings. The van der Waals surface area contributed by atoms with Crippen LogP contribution in [0, 0.1) is 18.6 Å². The van der Waals surface area contributed by atoms with Crippen LogP contribution in [0.4, 0.5) is 8.78 Å². The zero-order valence-corrected chi connectivity index (χ0v) is 8.39. The van der Waals surface area contributed by atoms with Crippen molar-refractivity contribution in [1.82, 2.24) is 0 Å². The van der Waals surface area contributed by atoms with E-state index in [4.69, 9.17) is 4.74 Å². The molecular formula is C11H12F2O2. The molecule has 0 saturated carbocycles. The van der Waals surface area contributed by atoms with Crippen molar-refractivity contribution in [2.75, 3.05) is 13.2 Å². The zero-order valence-electron chi connectivity index (χ0n) is 8.39. The Labute approximate surface area is 86.5 Å². The molecule has 0 aliphatic carbocycles. The highest BCUT2D eigenvalue weighted by Gasteiger charge is 2.39. The van der Waals surface area contributed by atoms with Gasteiger partial charge in [0.05, 0.1) is 12.2 Å². The van der Waals surface area contributed by atoms with Gasteiger partial charge in [0, 0.05) is 13.0 Å². The third kappa shape index (κ3) is 1.64. The molecule has 0 spiro atoms. The van der Waals surface area contributed by atoms with E-state index in [2.05, 4.69) is 0 Å². The molecule has 1 aromatic rings. The van der Waals surface area contributed by atoms with E-state index >= 15 is 0 Å². The van der Waals surface area contributed by atoms with Crippen molar-refractivity contribution in [1.29, 1.82) is 0 Å². The third-order valence-corrected chi connectivity index (χ3v) is 2.75. The zero-order chi connectivity index (χ0) is 11.1. The van der Waals surface area contributed by atoms with Crippen molar-refractivity contribution in [2.45, 2.75) is 18.9 Å². The lowest BCUT2D eigenvalue weighted by Gasteiger charge is -2.22. The maximum Gasteiger partial charge on any atom is 0.135 e. The van der Waals surface area contributed by atoms with Gasteiger partial charge in [-0.2, -0.15) is 0 Å². The highest BCUT2D eigenvalue weighted by Crippen LogP contribution is 2.34. The number of ether oxygens (including phenoxy) is 1. The molecular weight excluding hydrogens is 202 g/mol. The largest absolute Gasteiger partial charge is 0.382 e. The number of benzene rings is 1. The van der Waals surface area contributed by atoms with Crippen molar-refractivity contribution in [3.63, 3.8) is 0 Å². The predicted molar refractivity (Wildman–Crippen MR) is 50.4 cm³/mol. The molecule has 1 heterocycles. The Morgan fingerprint density at radius 1 is 1.40 bits per heavy atom. The van der Waals surface area contributed by atoms with Crippen LogP contribution >= 0.6 is 0 Å². The molecule has 4 heteroatoms. The summed E-state index contributed by atoms with van der Waals surface area (Å²) in [6.45, 7) is 1.81. The Hall–Kier alpha value is -1.00. The van der Waals surface area contributed by atoms with Crippen molar-refractivity contribution in [3.8, 4) is 0 Å². The van der Waals surface area contributed by atoms with Gasteiger partial charge in [-0.05, 0) is 18.6 Å². The first-order valence-electron chi connectivity index (χ1n) is 4.80. The summed E-state index contributed by atoms with van der Waals surface area (Å²) in [7, 11) is 0. The van der Waals surface area contributed by atoms with E-state index in [1.54, 1.807) is 0 Å². The van der Waals surface area contributed by atoms with Gasteiger partial charge in [0.25, 0.3) is 0 Å². The quantitative estimate of drug-likeness (QED) is 0.773. The van der Waals surface area contributed by atoms with Crippen molar-refractivity contribution in [3.05, 3.63) is 34.9 Å². The number of hydrogen-bond acceptors (Lipinski definition) is 2. The molecule has 1 atom stereocenters. The Balaban J connectivity index is 2.55. The number of aliphatic hydroxyl groups is 1. The number of aryl methyl sites for hydroxylation is 1. The van der Waals surface area contributed by atoms with Crippen LogP contribution in [-0.4, -0.2) is 18.3 Å². The predicted octanol–water partition coefficient (Wildman–Crippen LogP) is 1.88. The topological polar surface area (TPSA) is 29.5 Å². The molecule has 0 aromatic heterocycles. The van der Waals surface area contributed by atoms with Crippen LogP contribution in [0.1, 0.15) is 17.5 Å². The van der Waals surface area contributed by atoms with E-state index in [1.807, 2.05) is 0 Å². The summed E-state index contributed by atoms with van der Waals surface area (Å²) in [4.78, 5) is 0. The van der Waals surface area contributed by atoms with Crippen LogP contribution in [0.5, 0.6) is 0 Å². The summed E-state index contributed by atoms with van der Waals surface area (Å²) in [6, 6.07) is 2.53. The molecule has 2 rings (SSSR count). The van der Waals surface area contributed by atoms with Gasteiger partial charge in [-0.15, -0.1) is 0 Å². The fourth-order valence-corrected chi connectivity index (χ4v) is 1.83. The highest BCUT2D eigenvalue weighted by molar-refractivity contribution is 5.32. The Kier molecular flexibility index (Phi) is 2.48. The lowest BCUT2D eigenvalue weighted by Crippen LogP contribution is -2.29. The van der Waals surface area contributed by atoms with Gasteiger partial charge in [-0.3, -0.25) is 0 Å². The summed E-state index contributed by atoms with van der Waals surface area (Å²) >= 11 is 0. The first kappa shape index (κ1) is 10.5. The lowest BCUT2D eigenvalue weighted by atomic mass is 9.91. The van der Waals surface area contributed by atoms with Gasteiger partial charge < -0.3 is 9.84 Å². The Morgan fingerprint density at radius 3 is 2.73 bits per heavy atom. The molecule has 1 N–H and O–H groups in total. The molecule has 1 saturated heterocycles. The Bertz CT molecular complexity index is 384. The normalized spacial score (nSPS) is 25.9. The first-order chi connectivity index (χ1) is 7.04. The second kappa shape index (κ2) is 3.54. The SMILES string of the molecule is Cc1ccc(F)c(C2(O)CCOC2)c1F. The molecule has 0 bridgehead atoms. The van der Waals surface area contributed by atoms with Crippen molar-refractivity contribution in [2.24, 2.45) is 0 Å². The van der Waals surface area contributed by atoms with E-state index < -0.39 is 17.2 Å². The number of rotatable bonds is 1. The van der Waals surface area contributed by atoms with E-state index in [9.17, 15) is 13.9 Å². The minimum atomic E-state index is -1.51. The van der Waals surface area contributed by atoms with Crippen molar-refractivity contribution < 1.29 is 18.6 Å². The molecule has 2 nitrogen and oxygen atoms in total. The van der Waals surface area contributed by atoms with Crippen LogP contribution in [0.3, 0.4) is 0 Å². The molecule has 1 aliphatic heterocycles. The molecule has 1 unspecified atom stereocenters. The summed E-state index contributed by atoms with van der Waals surface area (Å²) in [5.41, 5.74) is -1.45. The molecule has 1 aromatic carbocycles. The molecule has 0 radical (unpaired) electrons. The van der Waals surface area contributed by atoms with Crippen LogP contribution in [0.2, 0.25) is 0 Å². The first-order valence-corrected chi connectivity index (χ1v) is 4.80. The average Bonchev–Trinajstić information content (AvgIpc) is 2.60. The molecule has 15 heavy (non-hydrogen) atoms. The second-order valence-electron chi connectivity index (χ2n) is 3.89. The minimum Gasteiger partial charge on any atom is -0.382 e. The number of hydrogen-bond donors (Lipinski definition) is 1. The third-order valence-electron chi connectivity index (χ3n) is 2.75. The Morgan fingerprint density at radius 2 is 2.13 bits per heavy atom. The van der Waals surface area contributed by atoms with Gasteiger partial charge in [0.15, 0.2) is 0 Å². The van der Waals surface area contributed by atoms with Gasteiger partial charge in [-0.25, -0.2) is 8.78 Å². The van der Waals surface area contributed by atoms with Gasteiger partial charge in [0.2, 0.25) is 0 Å². The summed E-state index contributed by atoms with van der Waals surface area (Å²) in [5, 5.41) is 10.0. The summed E-state index contributed by atoms with van der Waals surface area (Å²) < 4.78 is 32.2. The smallest absolute Gasteiger partial charge is 0.135 e. The van der Waals surface area contributed by atoms with E-state index in [-0.39, 0.29) is 18.6 Å². The minimum absolute atomic E-state index is 0.0513. The van der Waals surface area contributed by atoms with Crippen LogP contribution in [0.25, 0.3) is 0 Å². The lowest BCUT2D eigenvalue weighted by molar-refractivity contribution is 0.0168. The van der Waals surface area contributed by atoms with E-state index in [0.717, 1.165) is 0 Å². The summed E-state index contributed by atoms with van der Waals surface area (Å²) in [6.07, 6.45) is 0.226. The van der Waals surface area contributed by atoms with Crippen molar-refractivity contribution >= 4 is 0 Å². The fraction of sp³-hybridized carbons (Fsp3) is 0.455.